The van der Waals surface area contributed by atoms with Gasteiger partial charge in [0.1, 0.15) is 21.5 Å². The number of hydrogen-bond acceptors (Lipinski definition) is 13. The van der Waals surface area contributed by atoms with Gasteiger partial charge in [-0.2, -0.15) is 0 Å². The predicted octanol–water partition coefficient (Wildman–Crippen LogP) is -5.66. The van der Waals surface area contributed by atoms with Gasteiger partial charge < -0.3 is 25.9 Å². The van der Waals surface area contributed by atoms with Crippen molar-refractivity contribution in [1.29, 1.82) is 0 Å². The summed E-state index contributed by atoms with van der Waals surface area (Å²) in [6.07, 6.45) is 0. The molecular weight excluding hydrogens is 552 g/mol. The fourth-order valence-corrected chi connectivity index (χ4v) is 4.53. The molecule has 0 aromatic heterocycles. The summed E-state index contributed by atoms with van der Waals surface area (Å²) in [5.41, 5.74) is 10.3. The first kappa shape index (κ1) is 33.8. The van der Waals surface area contributed by atoms with Crippen molar-refractivity contribution in [2.24, 2.45) is 16.0 Å². The monoisotopic (exact) mass is 567 g/mol. The topological polar surface area (TPSA) is 264 Å². The molecule has 0 bridgehead atoms. The number of nitrogens with one attached hydrogen (secondary N) is 1. The number of azo groups is 1. The van der Waals surface area contributed by atoms with Crippen LogP contribution in [0, 0.1) is 0 Å². The second-order valence-electron chi connectivity index (χ2n) is 6.10. The number of carbonyl (C=O) groups is 1. The summed E-state index contributed by atoms with van der Waals surface area (Å²) < 4.78 is 94.6. The molecule has 0 unspecified atom stereocenters. The van der Waals surface area contributed by atoms with Gasteiger partial charge in [0.15, 0.2) is 9.84 Å². The molecule has 180 valence electrons. The van der Waals surface area contributed by atoms with Crippen molar-refractivity contribution in [2.45, 2.75) is 9.79 Å². The van der Waals surface area contributed by atoms with E-state index in [1.54, 1.807) is 0 Å². The van der Waals surface area contributed by atoms with Gasteiger partial charge in [-0.25, -0.2) is 30.0 Å². The van der Waals surface area contributed by atoms with Crippen LogP contribution in [0.2, 0.25) is 0 Å². The van der Waals surface area contributed by atoms with E-state index < -0.39 is 64.2 Å². The number of primary amides is 1. The third kappa shape index (κ3) is 10.8. The van der Waals surface area contributed by atoms with Gasteiger partial charge in [-0.05, 0) is 36.4 Å². The number of benzene rings is 2. The predicted molar refractivity (Wildman–Crippen MR) is 110 cm³/mol. The van der Waals surface area contributed by atoms with Crippen LogP contribution in [0.5, 0.6) is 0 Å². The van der Waals surface area contributed by atoms with Crippen molar-refractivity contribution < 1.29 is 102 Å². The van der Waals surface area contributed by atoms with Gasteiger partial charge in [0.2, 0.25) is 10.4 Å². The van der Waals surface area contributed by atoms with Crippen molar-refractivity contribution in [3.8, 4) is 0 Å². The van der Waals surface area contributed by atoms with Crippen LogP contribution in [0.25, 0.3) is 0 Å². The van der Waals surface area contributed by atoms with Gasteiger partial charge in [-0.1, -0.05) is 0 Å². The molecule has 0 aliphatic carbocycles. The first-order valence-electron chi connectivity index (χ1n) is 8.39. The van der Waals surface area contributed by atoms with Crippen LogP contribution in [0.1, 0.15) is 0 Å². The minimum Gasteiger partial charge on any atom is -0.744 e. The molecule has 0 spiro atoms. The maximum atomic E-state index is 12.3. The van der Waals surface area contributed by atoms with E-state index in [1.807, 2.05) is 0 Å². The van der Waals surface area contributed by atoms with E-state index in [2.05, 4.69) is 19.7 Å². The van der Waals surface area contributed by atoms with Crippen LogP contribution in [-0.4, -0.2) is 52.7 Å². The van der Waals surface area contributed by atoms with E-state index in [0.717, 1.165) is 12.1 Å². The normalized spacial score (nSPS) is 11.9. The smallest absolute Gasteiger partial charge is 0.744 e. The molecule has 0 saturated heterocycles. The van der Waals surface area contributed by atoms with Gasteiger partial charge in [-0.3, -0.25) is 4.18 Å². The Morgan fingerprint density at radius 3 is 2.06 bits per heavy atom. The summed E-state index contributed by atoms with van der Waals surface area (Å²) in [5.74, 6) is -0.999. The van der Waals surface area contributed by atoms with Crippen LogP contribution in [0.15, 0.2) is 56.4 Å². The zero-order valence-corrected chi connectivity index (χ0v) is 24.7. The second kappa shape index (κ2) is 13.4. The number of amides is 2. The van der Waals surface area contributed by atoms with E-state index in [1.165, 1.54) is 18.2 Å². The molecule has 0 saturated carbocycles. The Balaban J connectivity index is 0.00000578. The zero-order valence-electron chi connectivity index (χ0n) is 18.2. The number of nitrogen functional groups attached to an aromatic ring is 1. The molecule has 0 radical (unpaired) electrons. The van der Waals surface area contributed by atoms with Crippen LogP contribution >= 0.6 is 0 Å². The molecule has 2 rings (SSSR count). The Bertz CT molecular complexity index is 1430. The molecule has 35 heavy (non-hydrogen) atoms. The molecule has 0 aliphatic rings. The quantitative estimate of drug-likeness (QED) is 0.0845. The van der Waals surface area contributed by atoms with Gasteiger partial charge in [0, 0.05) is 5.69 Å². The number of rotatable bonds is 9. The fraction of sp³-hybridized carbons (Fsp3) is 0.133. The van der Waals surface area contributed by atoms with Crippen molar-refractivity contribution in [3.63, 3.8) is 0 Å². The summed E-state index contributed by atoms with van der Waals surface area (Å²) in [6.45, 7) is -1.03. The molecule has 5 N–H and O–H groups in total. The summed E-state index contributed by atoms with van der Waals surface area (Å²) in [4.78, 5) is 9.39. The molecule has 20 heteroatoms. The molecular formula is C15H15N5Na2O10S3. The maximum absolute atomic E-state index is 12.3. The Kier molecular flexibility index (Phi) is 13.0. The molecule has 0 aliphatic heterocycles. The Hall–Kier alpha value is -1.16. The summed E-state index contributed by atoms with van der Waals surface area (Å²) >= 11 is 0. The van der Waals surface area contributed by atoms with Crippen LogP contribution in [0.3, 0.4) is 0 Å². The standard InChI is InChI=1S/C15H17N5O10S3.2Na/c16-9-1-3-11(13(7-9)18-15(17)21)19-20-12-4-2-10(8-14(12)32(24,25)26)31(22,23)6-5-30-33(27,28)29;;/h1-4,7-8H,5-6,16H2,(H3,17,18,21)(H,24,25,26)(H,27,28,29);;/q;2*+1/p-2. The largest absolute Gasteiger partial charge is 1.00 e. The van der Waals surface area contributed by atoms with Crippen molar-refractivity contribution in [2.75, 3.05) is 23.4 Å². The molecule has 2 amide bonds. The van der Waals surface area contributed by atoms with Gasteiger partial charge in [-0.15, -0.1) is 10.2 Å². The van der Waals surface area contributed by atoms with E-state index in [0.29, 0.717) is 6.07 Å². The van der Waals surface area contributed by atoms with Crippen molar-refractivity contribution in [3.05, 3.63) is 36.4 Å². The number of nitrogens with zero attached hydrogens (tertiary/aromatic N) is 2. The van der Waals surface area contributed by atoms with E-state index in [9.17, 15) is 39.2 Å². The maximum Gasteiger partial charge on any atom is 1.00 e. The Morgan fingerprint density at radius 2 is 1.51 bits per heavy atom. The fourth-order valence-electron chi connectivity index (χ4n) is 2.32. The number of hydrogen-bond donors (Lipinski definition) is 3. The van der Waals surface area contributed by atoms with Crippen molar-refractivity contribution in [1.82, 2.24) is 0 Å². The Morgan fingerprint density at radius 1 is 0.943 bits per heavy atom. The number of nitrogens with two attached hydrogens (primary N) is 2. The number of sulfone groups is 1. The van der Waals surface area contributed by atoms with Crippen LogP contribution < -0.4 is 75.9 Å². The summed E-state index contributed by atoms with van der Waals surface area (Å²) in [7, 11) is -14.8. The average Bonchev–Trinajstić information content (AvgIpc) is 2.64. The SMILES string of the molecule is NC(=O)Nc1cc(N)ccc1N=Nc1ccc(S(=O)(=O)CCOS(=O)(=O)[O-])cc1S(=O)(=O)[O-].[Na+].[Na+]. The third-order valence-corrected chi connectivity index (χ3v) is 6.68. The molecule has 0 fully saturated rings. The van der Waals surface area contributed by atoms with Crippen LogP contribution in [-0.2, 0) is 34.5 Å². The van der Waals surface area contributed by atoms with E-state index in [-0.39, 0.29) is 76.2 Å². The minimum absolute atomic E-state index is 0. The first-order valence-corrected chi connectivity index (χ1v) is 12.8. The second-order valence-corrected chi connectivity index (χ2v) is 10.6. The first-order chi connectivity index (χ1) is 15.1. The van der Waals surface area contributed by atoms with E-state index >= 15 is 0 Å². The van der Waals surface area contributed by atoms with Gasteiger partial charge >= 0.3 is 65.1 Å². The Labute approximate surface area is 244 Å². The number of carbonyl (C=O) groups excluding carboxylic acids is 1. The van der Waals surface area contributed by atoms with Crippen LogP contribution in [0.4, 0.5) is 27.5 Å². The summed E-state index contributed by atoms with van der Waals surface area (Å²) in [6, 6.07) is 5.26. The van der Waals surface area contributed by atoms with E-state index in [4.69, 9.17) is 11.5 Å². The third-order valence-electron chi connectivity index (χ3n) is 3.68. The average molecular weight is 567 g/mol. The molecule has 0 heterocycles. The molecule has 0 atom stereocenters. The molecule has 15 nitrogen and oxygen atoms in total. The summed E-state index contributed by atoms with van der Waals surface area (Å²) in [5, 5.41) is 9.59. The van der Waals surface area contributed by atoms with Gasteiger partial charge in [0.05, 0.1) is 27.8 Å². The van der Waals surface area contributed by atoms with Crippen molar-refractivity contribution >= 4 is 59.1 Å². The van der Waals surface area contributed by atoms with Gasteiger partial charge in [0.25, 0.3) is 0 Å². The zero-order chi connectivity index (χ0) is 25.0. The minimum atomic E-state index is -5.26. The number of anilines is 2. The number of urea groups is 1. The molecule has 2 aromatic rings. The molecule has 2 aromatic carbocycles.